The molecule has 0 unspecified atom stereocenters. The fourth-order valence-corrected chi connectivity index (χ4v) is 4.33. The maximum absolute atomic E-state index is 14.5. The number of carboxylic acids is 1. The molecule has 5 nitrogen and oxygen atoms in total. The second-order valence-corrected chi connectivity index (χ2v) is 7.65. The standard InChI is InChI=1S/C20H25F2NO4/c21-14-4-5-15(16(22)12-14)20(8-10-27-11-9-20)17(24)23-13-19(18(25)26)6-2-1-3-7-19/h4-5,12H,1-3,6-11,13H2,(H,23,24)(H,25,26). The van der Waals surface area contributed by atoms with E-state index in [2.05, 4.69) is 5.32 Å². The van der Waals surface area contributed by atoms with Crippen molar-refractivity contribution in [3.05, 3.63) is 35.4 Å². The van der Waals surface area contributed by atoms with Crippen molar-refractivity contribution in [2.75, 3.05) is 19.8 Å². The Hall–Kier alpha value is -2.02. The lowest BCUT2D eigenvalue weighted by molar-refractivity contribution is -0.151. The quantitative estimate of drug-likeness (QED) is 0.822. The fourth-order valence-electron chi connectivity index (χ4n) is 4.33. The number of carbonyl (C=O) groups excluding carboxylic acids is 1. The molecule has 148 valence electrons. The molecule has 1 amide bonds. The van der Waals surface area contributed by atoms with Gasteiger partial charge in [0.1, 0.15) is 11.6 Å². The van der Waals surface area contributed by atoms with Gasteiger partial charge in [0.05, 0.1) is 10.8 Å². The van der Waals surface area contributed by atoms with E-state index in [-0.39, 0.29) is 38.2 Å². The molecule has 1 aromatic rings. The highest BCUT2D eigenvalue weighted by atomic mass is 19.1. The molecular weight excluding hydrogens is 356 g/mol. The van der Waals surface area contributed by atoms with Crippen molar-refractivity contribution in [2.45, 2.75) is 50.4 Å². The largest absolute Gasteiger partial charge is 0.481 e. The van der Waals surface area contributed by atoms with Crippen LogP contribution in [0.5, 0.6) is 0 Å². The SMILES string of the molecule is O=C(O)C1(CNC(=O)C2(c3ccc(F)cc3F)CCOCC2)CCCCC1. The average molecular weight is 381 g/mol. The Morgan fingerprint density at radius 1 is 1.07 bits per heavy atom. The van der Waals surface area contributed by atoms with E-state index in [9.17, 15) is 23.5 Å². The molecule has 2 N–H and O–H groups in total. The van der Waals surface area contributed by atoms with Crippen molar-refractivity contribution < 1.29 is 28.2 Å². The van der Waals surface area contributed by atoms with Crippen molar-refractivity contribution in [1.82, 2.24) is 5.32 Å². The molecule has 7 heteroatoms. The maximum Gasteiger partial charge on any atom is 0.311 e. The maximum atomic E-state index is 14.5. The summed E-state index contributed by atoms with van der Waals surface area (Å²) in [6.07, 6.45) is 4.18. The first-order valence-corrected chi connectivity index (χ1v) is 9.45. The Morgan fingerprint density at radius 3 is 2.33 bits per heavy atom. The Morgan fingerprint density at radius 2 is 1.74 bits per heavy atom. The lowest BCUT2D eigenvalue weighted by atomic mass is 9.71. The molecule has 0 bridgehead atoms. The summed E-state index contributed by atoms with van der Waals surface area (Å²) in [7, 11) is 0. The Bertz CT molecular complexity index is 710. The molecule has 1 saturated carbocycles. The zero-order valence-corrected chi connectivity index (χ0v) is 15.2. The van der Waals surface area contributed by atoms with Crippen molar-refractivity contribution in [1.29, 1.82) is 0 Å². The number of rotatable bonds is 5. The molecule has 2 fully saturated rings. The van der Waals surface area contributed by atoms with Gasteiger partial charge in [-0.25, -0.2) is 8.78 Å². The van der Waals surface area contributed by atoms with Crippen molar-refractivity contribution in [3.8, 4) is 0 Å². The average Bonchev–Trinajstić information content (AvgIpc) is 2.67. The predicted octanol–water partition coefficient (Wildman–Crippen LogP) is 3.16. The molecule has 0 radical (unpaired) electrons. The molecule has 3 rings (SSSR count). The van der Waals surface area contributed by atoms with E-state index < -0.39 is 34.3 Å². The van der Waals surface area contributed by atoms with Gasteiger partial charge < -0.3 is 15.2 Å². The predicted molar refractivity (Wildman–Crippen MR) is 94.3 cm³/mol. The summed E-state index contributed by atoms with van der Waals surface area (Å²) in [6.45, 7) is 0.592. The number of carboxylic acid groups (broad SMARTS) is 1. The Balaban J connectivity index is 1.85. The van der Waals surface area contributed by atoms with E-state index in [4.69, 9.17) is 4.74 Å². The highest BCUT2D eigenvalue weighted by Crippen LogP contribution is 2.39. The van der Waals surface area contributed by atoms with Gasteiger partial charge in [0.25, 0.3) is 0 Å². The minimum atomic E-state index is -1.18. The van der Waals surface area contributed by atoms with Crippen LogP contribution in [0.1, 0.15) is 50.5 Å². The van der Waals surface area contributed by atoms with Crippen molar-refractivity contribution >= 4 is 11.9 Å². The first kappa shape index (κ1) is 19.7. The van der Waals surface area contributed by atoms with Crippen LogP contribution < -0.4 is 5.32 Å². The first-order chi connectivity index (χ1) is 12.9. The normalized spacial score (nSPS) is 21.4. The molecule has 1 aliphatic carbocycles. The van der Waals surface area contributed by atoms with E-state index in [0.29, 0.717) is 12.8 Å². The number of hydrogen-bond donors (Lipinski definition) is 2. The Kier molecular flexibility index (Phi) is 5.79. The molecule has 0 aromatic heterocycles. The topological polar surface area (TPSA) is 75.6 Å². The third kappa shape index (κ3) is 3.83. The number of halogens is 2. The molecule has 0 atom stereocenters. The van der Waals surface area contributed by atoms with E-state index >= 15 is 0 Å². The van der Waals surface area contributed by atoms with Gasteiger partial charge in [0.15, 0.2) is 0 Å². The summed E-state index contributed by atoms with van der Waals surface area (Å²) >= 11 is 0. The molecule has 1 aromatic carbocycles. The first-order valence-electron chi connectivity index (χ1n) is 9.45. The van der Waals surface area contributed by atoms with Gasteiger partial charge in [0, 0.05) is 31.4 Å². The summed E-state index contributed by atoms with van der Waals surface area (Å²) in [5.74, 6) is -2.79. The van der Waals surface area contributed by atoms with Gasteiger partial charge in [-0.15, -0.1) is 0 Å². The zero-order chi connectivity index (χ0) is 19.5. The van der Waals surface area contributed by atoms with Gasteiger partial charge in [-0.05, 0) is 31.7 Å². The van der Waals surface area contributed by atoms with E-state index in [1.807, 2.05) is 0 Å². The van der Waals surface area contributed by atoms with Crippen LogP contribution in [0, 0.1) is 17.0 Å². The molecule has 1 heterocycles. The summed E-state index contributed by atoms with van der Waals surface area (Å²) in [5, 5.41) is 12.5. The Labute approximate surface area is 157 Å². The van der Waals surface area contributed by atoms with Crippen LogP contribution in [0.25, 0.3) is 0 Å². The highest BCUT2D eigenvalue weighted by Gasteiger charge is 2.46. The molecule has 2 aliphatic rings. The molecule has 1 aliphatic heterocycles. The summed E-state index contributed by atoms with van der Waals surface area (Å²) < 4.78 is 33.2. The lowest BCUT2D eigenvalue weighted by Crippen LogP contribution is -2.52. The minimum Gasteiger partial charge on any atom is -0.481 e. The van der Waals surface area contributed by atoms with Crippen LogP contribution in [-0.4, -0.2) is 36.7 Å². The van der Waals surface area contributed by atoms with Crippen molar-refractivity contribution in [3.63, 3.8) is 0 Å². The van der Waals surface area contributed by atoms with Gasteiger partial charge in [0.2, 0.25) is 5.91 Å². The number of benzene rings is 1. The zero-order valence-electron chi connectivity index (χ0n) is 15.2. The molecule has 0 spiro atoms. The number of nitrogens with one attached hydrogen (secondary N) is 1. The van der Waals surface area contributed by atoms with Crippen molar-refractivity contribution in [2.24, 2.45) is 5.41 Å². The fraction of sp³-hybridized carbons (Fsp3) is 0.600. The van der Waals surface area contributed by atoms with E-state index in [1.165, 1.54) is 6.07 Å². The van der Waals surface area contributed by atoms with Gasteiger partial charge in [-0.2, -0.15) is 0 Å². The van der Waals surface area contributed by atoms with Gasteiger partial charge in [-0.3, -0.25) is 9.59 Å². The van der Waals surface area contributed by atoms with E-state index in [0.717, 1.165) is 31.4 Å². The highest BCUT2D eigenvalue weighted by molar-refractivity contribution is 5.89. The molecule has 1 saturated heterocycles. The van der Waals surface area contributed by atoms with Crippen LogP contribution in [-0.2, 0) is 19.7 Å². The smallest absolute Gasteiger partial charge is 0.311 e. The summed E-state index contributed by atoms with van der Waals surface area (Å²) in [6, 6.07) is 3.23. The van der Waals surface area contributed by atoms with Gasteiger partial charge >= 0.3 is 5.97 Å². The third-order valence-corrected chi connectivity index (χ3v) is 6.08. The third-order valence-electron chi connectivity index (χ3n) is 6.08. The number of ether oxygens (including phenoxy) is 1. The monoisotopic (exact) mass is 381 g/mol. The van der Waals surface area contributed by atoms with Crippen LogP contribution in [0.2, 0.25) is 0 Å². The van der Waals surface area contributed by atoms with Crippen LogP contribution in [0.4, 0.5) is 8.78 Å². The second-order valence-electron chi connectivity index (χ2n) is 7.65. The van der Waals surface area contributed by atoms with Crippen LogP contribution in [0.3, 0.4) is 0 Å². The summed E-state index contributed by atoms with van der Waals surface area (Å²) in [5.41, 5.74) is -2.01. The van der Waals surface area contributed by atoms with Crippen LogP contribution in [0.15, 0.2) is 18.2 Å². The number of carbonyl (C=O) groups is 2. The lowest BCUT2D eigenvalue weighted by Gasteiger charge is -2.38. The number of hydrogen-bond acceptors (Lipinski definition) is 3. The van der Waals surface area contributed by atoms with E-state index in [1.54, 1.807) is 0 Å². The minimum absolute atomic E-state index is 0.0204. The summed E-state index contributed by atoms with van der Waals surface area (Å²) in [4.78, 5) is 25.0. The van der Waals surface area contributed by atoms with Crippen LogP contribution >= 0.6 is 0 Å². The number of aliphatic carboxylic acids is 1. The molecule has 27 heavy (non-hydrogen) atoms. The second kappa shape index (κ2) is 7.92. The number of amides is 1. The molecular formula is C20H25F2NO4. The van der Waals surface area contributed by atoms with Gasteiger partial charge in [-0.1, -0.05) is 25.3 Å².